The number of rotatable bonds is 4. The van der Waals surface area contributed by atoms with E-state index in [4.69, 9.17) is 11.6 Å². The number of piperazine rings is 1. The highest BCUT2D eigenvalue weighted by Crippen LogP contribution is 2.26. The van der Waals surface area contributed by atoms with Gasteiger partial charge in [-0.1, -0.05) is 17.7 Å². The summed E-state index contributed by atoms with van der Waals surface area (Å²) in [5.74, 6) is 1.05. The largest absolute Gasteiger partial charge is 0.367 e. The molecule has 3 heterocycles. The van der Waals surface area contributed by atoms with Crippen molar-refractivity contribution in [1.82, 2.24) is 14.9 Å². The van der Waals surface area contributed by atoms with Gasteiger partial charge in [-0.2, -0.15) is 0 Å². The van der Waals surface area contributed by atoms with E-state index in [2.05, 4.69) is 50.9 Å². The molecule has 23 heavy (non-hydrogen) atoms. The van der Waals surface area contributed by atoms with E-state index < -0.39 is 0 Å². The second-order valence-electron chi connectivity index (χ2n) is 6.06. The van der Waals surface area contributed by atoms with Crippen LogP contribution in [0.4, 0.5) is 11.5 Å². The van der Waals surface area contributed by atoms with E-state index >= 15 is 0 Å². The van der Waals surface area contributed by atoms with Crippen LogP contribution in [0.3, 0.4) is 0 Å². The van der Waals surface area contributed by atoms with Gasteiger partial charge in [0, 0.05) is 51.3 Å². The zero-order chi connectivity index (χ0) is 16.2. The molecule has 1 aliphatic rings. The highest BCUT2D eigenvalue weighted by Gasteiger charge is 2.19. The van der Waals surface area contributed by atoms with Crippen molar-refractivity contribution in [1.29, 1.82) is 0 Å². The average molecular weight is 332 g/mol. The highest BCUT2D eigenvalue weighted by atomic mass is 35.5. The van der Waals surface area contributed by atoms with Crippen molar-refractivity contribution in [2.24, 2.45) is 0 Å². The van der Waals surface area contributed by atoms with Gasteiger partial charge in [-0.25, -0.2) is 4.98 Å². The normalized spacial score (nSPS) is 15.3. The number of hydrogen-bond donors (Lipinski definition) is 0. The van der Waals surface area contributed by atoms with Gasteiger partial charge in [0.25, 0.3) is 0 Å². The molecule has 1 saturated heterocycles. The van der Waals surface area contributed by atoms with Crippen LogP contribution in [0.2, 0.25) is 5.02 Å². The molecule has 0 unspecified atom stereocenters. The monoisotopic (exact) mass is 331 g/mol. The lowest BCUT2D eigenvalue weighted by atomic mass is 10.2. The van der Waals surface area contributed by atoms with Crippen LogP contribution in [-0.4, -0.2) is 55.1 Å². The summed E-state index contributed by atoms with van der Waals surface area (Å²) in [5.41, 5.74) is 2.30. The summed E-state index contributed by atoms with van der Waals surface area (Å²) in [5, 5.41) is 0.715. The summed E-state index contributed by atoms with van der Waals surface area (Å²) >= 11 is 6.24. The number of nitrogens with zero attached hydrogens (tertiary/aromatic N) is 5. The maximum absolute atomic E-state index is 6.24. The number of halogens is 1. The average Bonchev–Trinajstić information content (AvgIpc) is 2.56. The lowest BCUT2D eigenvalue weighted by molar-refractivity contribution is 0.402. The molecule has 0 aromatic carbocycles. The van der Waals surface area contributed by atoms with E-state index in [0.717, 1.165) is 44.2 Å². The van der Waals surface area contributed by atoms with Gasteiger partial charge >= 0.3 is 0 Å². The highest BCUT2D eigenvalue weighted by molar-refractivity contribution is 6.33. The fraction of sp³-hybridized carbons (Fsp3) is 0.412. The van der Waals surface area contributed by atoms with Crippen molar-refractivity contribution in [2.45, 2.75) is 6.54 Å². The molecule has 0 radical (unpaired) electrons. The number of anilines is 2. The van der Waals surface area contributed by atoms with Crippen molar-refractivity contribution in [3.8, 4) is 0 Å². The van der Waals surface area contributed by atoms with Crippen LogP contribution in [0.1, 0.15) is 5.56 Å². The Kier molecular flexibility index (Phi) is 4.98. The van der Waals surface area contributed by atoms with Crippen LogP contribution < -0.4 is 9.80 Å². The summed E-state index contributed by atoms with van der Waals surface area (Å²) in [4.78, 5) is 15.4. The molecule has 0 aliphatic carbocycles. The van der Waals surface area contributed by atoms with Crippen LogP contribution in [0.25, 0.3) is 0 Å². The van der Waals surface area contributed by atoms with Crippen molar-refractivity contribution in [2.75, 3.05) is 50.1 Å². The Morgan fingerprint density at radius 1 is 1.04 bits per heavy atom. The van der Waals surface area contributed by atoms with E-state index in [1.807, 2.05) is 12.3 Å². The van der Waals surface area contributed by atoms with Crippen LogP contribution in [0.5, 0.6) is 0 Å². The maximum atomic E-state index is 6.24. The summed E-state index contributed by atoms with van der Waals surface area (Å²) in [6.07, 6.45) is 5.47. The third-order valence-corrected chi connectivity index (χ3v) is 4.29. The summed E-state index contributed by atoms with van der Waals surface area (Å²) in [7, 11) is 4.13. The second kappa shape index (κ2) is 7.15. The van der Waals surface area contributed by atoms with E-state index in [0.29, 0.717) is 5.02 Å². The third kappa shape index (κ3) is 3.92. The lowest BCUT2D eigenvalue weighted by Gasteiger charge is -2.37. The Hall–Kier alpha value is -1.85. The van der Waals surface area contributed by atoms with Crippen LogP contribution in [0.15, 0.2) is 36.8 Å². The number of hydrogen-bond acceptors (Lipinski definition) is 5. The Morgan fingerprint density at radius 3 is 2.39 bits per heavy atom. The first-order valence-corrected chi connectivity index (χ1v) is 8.20. The van der Waals surface area contributed by atoms with Crippen LogP contribution in [0, 0.1) is 0 Å². The molecule has 122 valence electrons. The van der Waals surface area contributed by atoms with Crippen LogP contribution in [-0.2, 0) is 6.54 Å². The fourth-order valence-corrected chi connectivity index (χ4v) is 3.10. The molecule has 0 N–H and O–H groups in total. The predicted molar refractivity (Wildman–Crippen MR) is 95.3 cm³/mol. The fourth-order valence-electron chi connectivity index (χ4n) is 2.86. The molecule has 6 heteroatoms. The van der Waals surface area contributed by atoms with Gasteiger partial charge in [0.05, 0.1) is 10.7 Å². The lowest BCUT2D eigenvalue weighted by Crippen LogP contribution is -2.47. The molecule has 0 amide bonds. The molecule has 1 aliphatic heterocycles. The topological polar surface area (TPSA) is 35.5 Å². The maximum Gasteiger partial charge on any atom is 0.128 e. The van der Waals surface area contributed by atoms with Crippen molar-refractivity contribution in [3.05, 3.63) is 47.4 Å². The van der Waals surface area contributed by atoms with E-state index in [1.54, 1.807) is 12.4 Å². The Bertz CT molecular complexity index is 636. The number of aromatic nitrogens is 2. The quantitative estimate of drug-likeness (QED) is 0.860. The second-order valence-corrected chi connectivity index (χ2v) is 6.47. The Balaban J connectivity index is 1.61. The third-order valence-electron chi connectivity index (χ3n) is 4.00. The minimum atomic E-state index is 0.715. The molecule has 3 rings (SSSR count). The first kappa shape index (κ1) is 16.0. The van der Waals surface area contributed by atoms with Gasteiger partial charge < -0.3 is 14.7 Å². The summed E-state index contributed by atoms with van der Waals surface area (Å²) < 4.78 is 0. The molecule has 5 nitrogen and oxygen atoms in total. The SMILES string of the molecule is CN(C)Cc1ccc(N2CCN(c3ccncc3Cl)CC2)nc1. The van der Waals surface area contributed by atoms with Gasteiger partial charge in [-0.15, -0.1) is 0 Å². The van der Waals surface area contributed by atoms with Crippen molar-refractivity contribution in [3.63, 3.8) is 0 Å². The van der Waals surface area contributed by atoms with Gasteiger partial charge in [0.2, 0.25) is 0 Å². The molecule has 0 saturated carbocycles. The van der Waals surface area contributed by atoms with Crippen LogP contribution >= 0.6 is 11.6 Å². The van der Waals surface area contributed by atoms with E-state index in [9.17, 15) is 0 Å². The Labute approximate surface area is 142 Å². The standard InChI is InChI=1S/C17H22ClN5/c1-21(2)13-14-3-4-17(20-11-14)23-9-7-22(8-10-23)16-5-6-19-12-15(16)18/h3-6,11-12H,7-10,13H2,1-2H3. The van der Waals surface area contributed by atoms with Gasteiger partial charge in [0.15, 0.2) is 0 Å². The molecule has 0 atom stereocenters. The Morgan fingerprint density at radius 2 is 1.78 bits per heavy atom. The van der Waals surface area contributed by atoms with Gasteiger partial charge in [-0.3, -0.25) is 4.98 Å². The van der Waals surface area contributed by atoms with Gasteiger partial charge in [0.1, 0.15) is 5.82 Å². The van der Waals surface area contributed by atoms with E-state index in [1.165, 1.54) is 5.56 Å². The minimum absolute atomic E-state index is 0.715. The molecule has 0 bridgehead atoms. The molecule has 2 aromatic heterocycles. The molecular formula is C17H22ClN5. The zero-order valence-electron chi connectivity index (χ0n) is 13.6. The molecular weight excluding hydrogens is 310 g/mol. The zero-order valence-corrected chi connectivity index (χ0v) is 14.4. The summed E-state index contributed by atoms with van der Waals surface area (Å²) in [6.45, 7) is 4.68. The van der Waals surface area contributed by atoms with E-state index in [-0.39, 0.29) is 0 Å². The smallest absolute Gasteiger partial charge is 0.128 e. The molecule has 2 aromatic rings. The minimum Gasteiger partial charge on any atom is -0.367 e. The number of pyridine rings is 2. The van der Waals surface area contributed by atoms with Gasteiger partial charge in [-0.05, 0) is 31.8 Å². The first-order chi connectivity index (χ1) is 11.1. The summed E-state index contributed by atoms with van der Waals surface area (Å²) in [6, 6.07) is 6.26. The van der Waals surface area contributed by atoms with Crippen molar-refractivity contribution >= 4 is 23.1 Å². The van der Waals surface area contributed by atoms with Crippen molar-refractivity contribution < 1.29 is 0 Å². The predicted octanol–water partition coefficient (Wildman–Crippen LogP) is 2.52. The molecule has 0 spiro atoms. The first-order valence-electron chi connectivity index (χ1n) is 7.82. The molecule has 1 fully saturated rings.